The van der Waals surface area contributed by atoms with Crippen LogP contribution in [-0.2, 0) is 6.54 Å². The number of carbonyl (C=O) groups is 1. The molecule has 0 aliphatic rings. The summed E-state index contributed by atoms with van der Waals surface area (Å²) in [7, 11) is 0. The van der Waals surface area contributed by atoms with Crippen LogP contribution in [0.15, 0.2) is 0 Å². The molecule has 0 bridgehead atoms. The lowest BCUT2D eigenvalue weighted by atomic mass is 10.4. The molecule has 13 heavy (non-hydrogen) atoms. The van der Waals surface area contributed by atoms with Crippen molar-refractivity contribution < 1.29 is 15.0 Å². The summed E-state index contributed by atoms with van der Waals surface area (Å²) in [5.41, 5.74) is 5.02. The van der Waals surface area contributed by atoms with Gasteiger partial charge in [-0.25, -0.2) is 9.48 Å². The molecule has 6 heteroatoms. The molecule has 0 atom stereocenters. The van der Waals surface area contributed by atoms with E-state index in [1.165, 1.54) is 4.68 Å². The first-order valence-electron chi connectivity index (χ1n) is 3.86. The van der Waals surface area contributed by atoms with E-state index in [9.17, 15) is 9.90 Å². The second-order valence-electron chi connectivity index (χ2n) is 2.61. The average molecular weight is 185 g/mol. The monoisotopic (exact) mass is 185 g/mol. The lowest BCUT2D eigenvalue weighted by Gasteiger charge is -1.98. The summed E-state index contributed by atoms with van der Waals surface area (Å²) < 4.78 is 1.28. The van der Waals surface area contributed by atoms with E-state index in [-0.39, 0.29) is 5.82 Å². The first kappa shape index (κ1) is 9.37. The topological polar surface area (TPSA) is 101 Å². The Morgan fingerprint density at radius 2 is 2.31 bits per heavy atom. The Kier molecular flexibility index (Phi) is 2.41. The van der Waals surface area contributed by atoms with Gasteiger partial charge in [-0.3, -0.25) is 0 Å². The van der Waals surface area contributed by atoms with Crippen molar-refractivity contribution >= 4 is 11.8 Å². The third-order valence-electron chi connectivity index (χ3n) is 1.60. The van der Waals surface area contributed by atoms with Gasteiger partial charge in [0.25, 0.3) is 0 Å². The normalized spacial score (nSPS) is 10.2. The SMILES string of the molecule is CCCn1nc(C(=O)O)c(O)c1N. The fourth-order valence-corrected chi connectivity index (χ4v) is 0.992. The molecule has 0 fully saturated rings. The summed E-state index contributed by atoms with van der Waals surface area (Å²) in [6.07, 6.45) is 0.768. The number of hydrogen-bond donors (Lipinski definition) is 3. The highest BCUT2D eigenvalue weighted by atomic mass is 16.4. The van der Waals surface area contributed by atoms with Gasteiger partial charge in [-0.05, 0) is 6.42 Å². The van der Waals surface area contributed by atoms with Crippen molar-refractivity contribution in [3.63, 3.8) is 0 Å². The Labute approximate surface area is 74.6 Å². The zero-order valence-electron chi connectivity index (χ0n) is 7.19. The highest BCUT2D eigenvalue weighted by molar-refractivity contribution is 5.90. The summed E-state index contributed by atoms with van der Waals surface area (Å²) in [6, 6.07) is 0. The number of nitrogens with zero attached hydrogens (tertiary/aromatic N) is 2. The van der Waals surface area contributed by atoms with Crippen molar-refractivity contribution in [2.45, 2.75) is 19.9 Å². The summed E-state index contributed by atoms with van der Waals surface area (Å²) in [6.45, 7) is 2.39. The molecule has 72 valence electrons. The smallest absolute Gasteiger partial charge is 0.360 e. The van der Waals surface area contributed by atoms with Gasteiger partial charge in [-0.2, -0.15) is 5.10 Å². The zero-order valence-corrected chi connectivity index (χ0v) is 7.19. The number of anilines is 1. The van der Waals surface area contributed by atoms with Gasteiger partial charge in [0.15, 0.2) is 11.6 Å². The van der Waals surface area contributed by atoms with Crippen LogP contribution in [0.3, 0.4) is 0 Å². The fraction of sp³-hybridized carbons (Fsp3) is 0.429. The van der Waals surface area contributed by atoms with E-state index >= 15 is 0 Å². The molecule has 1 rings (SSSR count). The number of hydrogen-bond acceptors (Lipinski definition) is 4. The molecule has 0 aliphatic heterocycles. The fourth-order valence-electron chi connectivity index (χ4n) is 0.992. The standard InChI is InChI=1S/C7H11N3O3/c1-2-3-10-6(8)5(11)4(9-10)7(12)13/h11H,2-3,8H2,1H3,(H,12,13). The molecule has 0 saturated carbocycles. The Hall–Kier alpha value is -1.72. The molecule has 1 heterocycles. The number of carboxylic acids is 1. The molecule has 0 unspecified atom stereocenters. The quantitative estimate of drug-likeness (QED) is 0.627. The first-order valence-corrected chi connectivity index (χ1v) is 3.86. The minimum absolute atomic E-state index is 0.000694. The van der Waals surface area contributed by atoms with E-state index in [0.717, 1.165) is 6.42 Å². The molecule has 0 aromatic carbocycles. The van der Waals surface area contributed by atoms with Gasteiger partial charge in [0.1, 0.15) is 0 Å². The molecule has 1 aromatic rings. The van der Waals surface area contributed by atoms with Gasteiger partial charge in [0, 0.05) is 6.54 Å². The van der Waals surface area contributed by atoms with Crippen LogP contribution in [0.5, 0.6) is 5.75 Å². The van der Waals surface area contributed by atoms with Crippen molar-refractivity contribution in [3.05, 3.63) is 5.69 Å². The van der Waals surface area contributed by atoms with E-state index in [2.05, 4.69) is 5.10 Å². The molecule has 0 radical (unpaired) electrons. The minimum atomic E-state index is -1.28. The second-order valence-corrected chi connectivity index (χ2v) is 2.61. The number of nitrogens with two attached hydrogens (primary N) is 1. The molecule has 6 nitrogen and oxygen atoms in total. The molecule has 0 spiro atoms. The van der Waals surface area contributed by atoms with E-state index < -0.39 is 17.4 Å². The van der Waals surface area contributed by atoms with Crippen LogP contribution < -0.4 is 5.73 Å². The molecule has 1 aromatic heterocycles. The Balaban J connectivity index is 3.12. The Morgan fingerprint density at radius 1 is 1.69 bits per heavy atom. The third-order valence-corrected chi connectivity index (χ3v) is 1.60. The van der Waals surface area contributed by atoms with Crippen LogP contribution in [0.2, 0.25) is 0 Å². The van der Waals surface area contributed by atoms with Crippen LogP contribution in [-0.4, -0.2) is 26.0 Å². The highest BCUT2D eigenvalue weighted by Crippen LogP contribution is 2.24. The molecule has 4 N–H and O–H groups in total. The number of nitrogen functional groups attached to an aromatic ring is 1. The molecule has 0 amide bonds. The van der Waals surface area contributed by atoms with Crippen LogP contribution in [0.25, 0.3) is 0 Å². The van der Waals surface area contributed by atoms with Gasteiger partial charge in [0.05, 0.1) is 0 Å². The molecular weight excluding hydrogens is 174 g/mol. The molecule has 0 saturated heterocycles. The second kappa shape index (κ2) is 3.34. The maximum absolute atomic E-state index is 10.5. The summed E-state index contributed by atoms with van der Waals surface area (Å²) in [4.78, 5) is 10.5. The van der Waals surface area contributed by atoms with Crippen molar-refractivity contribution in [3.8, 4) is 5.75 Å². The van der Waals surface area contributed by atoms with Crippen LogP contribution in [0, 0.1) is 0 Å². The minimum Gasteiger partial charge on any atom is -0.503 e. The highest BCUT2D eigenvalue weighted by Gasteiger charge is 2.19. The van der Waals surface area contributed by atoms with Gasteiger partial charge >= 0.3 is 5.97 Å². The molecule has 0 aliphatic carbocycles. The number of aromatic nitrogens is 2. The van der Waals surface area contributed by atoms with Gasteiger partial charge in [-0.15, -0.1) is 0 Å². The summed E-state index contributed by atoms with van der Waals surface area (Å²) in [5.74, 6) is -1.74. The number of aromatic carboxylic acids is 1. The largest absolute Gasteiger partial charge is 0.503 e. The van der Waals surface area contributed by atoms with Crippen LogP contribution in [0.4, 0.5) is 5.82 Å². The summed E-state index contributed by atoms with van der Waals surface area (Å²) in [5, 5.41) is 21.4. The predicted molar refractivity (Wildman–Crippen MR) is 45.6 cm³/mol. The van der Waals surface area contributed by atoms with Gasteiger partial charge < -0.3 is 15.9 Å². The van der Waals surface area contributed by atoms with Crippen LogP contribution >= 0.6 is 0 Å². The maximum atomic E-state index is 10.5. The van der Waals surface area contributed by atoms with E-state index in [1.54, 1.807) is 0 Å². The van der Waals surface area contributed by atoms with Crippen LogP contribution in [0.1, 0.15) is 23.8 Å². The van der Waals surface area contributed by atoms with Gasteiger partial charge in [-0.1, -0.05) is 6.92 Å². The van der Waals surface area contributed by atoms with Crippen molar-refractivity contribution in [1.29, 1.82) is 0 Å². The van der Waals surface area contributed by atoms with Crippen molar-refractivity contribution in [2.24, 2.45) is 0 Å². The first-order chi connectivity index (χ1) is 6.07. The van der Waals surface area contributed by atoms with E-state index in [0.29, 0.717) is 6.54 Å². The Morgan fingerprint density at radius 3 is 2.69 bits per heavy atom. The van der Waals surface area contributed by atoms with Crippen molar-refractivity contribution in [1.82, 2.24) is 9.78 Å². The van der Waals surface area contributed by atoms with E-state index in [4.69, 9.17) is 10.8 Å². The maximum Gasteiger partial charge on any atom is 0.360 e. The number of rotatable bonds is 3. The molecular formula is C7H11N3O3. The van der Waals surface area contributed by atoms with E-state index in [1.807, 2.05) is 6.92 Å². The number of carboxylic acid groups (broad SMARTS) is 1. The summed E-state index contributed by atoms with van der Waals surface area (Å²) >= 11 is 0. The lowest BCUT2D eigenvalue weighted by Crippen LogP contribution is -2.05. The van der Waals surface area contributed by atoms with Gasteiger partial charge in [0.2, 0.25) is 5.69 Å². The average Bonchev–Trinajstić information content (AvgIpc) is 2.33. The lowest BCUT2D eigenvalue weighted by molar-refractivity contribution is 0.0686. The Bertz CT molecular complexity index is 332. The zero-order chi connectivity index (χ0) is 10.0. The number of aryl methyl sites for hydroxylation is 1. The third kappa shape index (κ3) is 1.56. The number of aromatic hydroxyl groups is 1. The predicted octanol–water partition coefficient (Wildman–Crippen LogP) is 0.279. The van der Waals surface area contributed by atoms with Crippen molar-refractivity contribution in [2.75, 3.05) is 5.73 Å².